The highest BCUT2D eigenvalue weighted by Crippen LogP contribution is 2.12. The van der Waals surface area contributed by atoms with Crippen LogP contribution in [-0.4, -0.2) is 29.4 Å². The van der Waals surface area contributed by atoms with E-state index in [9.17, 15) is 14.7 Å². The van der Waals surface area contributed by atoms with E-state index in [-0.39, 0.29) is 24.1 Å². The van der Waals surface area contributed by atoms with E-state index >= 15 is 0 Å². The number of aryl methyl sites for hydroxylation is 2. The van der Waals surface area contributed by atoms with Crippen molar-refractivity contribution in [3.8, 4) is 0 Å². The summed E-state index contributed by atoms with van der Waals surface area (Å²) < 4.78 is 64.0. The monoisotopic (exact) mass is 333 g/mol. The highest BCUT2D eigenvalue weighted by atomic mass is 16.3. The van der Waals surface area contributed by atoms with E-state index < -0.39 is 43.3 Å². The Kier molecular flexibility index (Phi) is 2.74. The fourth-order valence-corrected chi connectivity index (χ4v) is 2.44. The van der Waals surface area contributed by atoms with Crippen molar-refractivity contribution in [2.75, 3.05) is 0 Å². The molecule has 1 unspecified atom stereocenters. The molecule has 1 atom stereocenters. The van der Waals surface area contributed by atoms with E-state index in [4.69, 9.17) is 11.0 Å². The first-order valence-electron chi connectivity index (χ1n) is 11.4. The predicted molar refractivity (Wildman–Crippen MR) is 89.7 cm³/mol. The molecule has 0 aliphatic heterocycles. The van der Waals surface area contributed by atoms with Gasteiger partial charge in [0.1, 0.15) is 0 Å². The summed E-state index contributed by atoms with van der Waals surface area (Å²) in [5.41, 5.74) is -4.54. The van der Waals surface area contributed by atoms with Gasteiger partial charge < -0.3 is 9.67 Å². The number of rotatable bonds is 7. The molecule has 7 heteroatoms. The van der Waals surface area contributed by atoms with Gasteiger partial charge in [0.2, 0.25) is 0 Å². The summed E-state index contributed by atoms with van der Waals surface area (Å²) in [6.07, 6.45) is -1.85. The number of nitrogens with zero attached hydrogens (tertiary/aromatic N) is 4. The van der Waals surface area contributed by atoms with E-state index in [1.54, 1.807) is 4.57 Å². The van der Waals surface area contributed by atoms with Gasteiger partial charge >= 0.3 is 5.69 Å². The maximum absolute atomic E-state index is 12.9. The topological polar surface area (TPSA) is 82.1 Å². The Morgan fingerprint density at radius 3 is 2.91 bits per heavy atom. The molecule has 0 fully saturated rings. The summed E-state index contributed by atoms with van der Waals surface area (Å²) in [7, 11) is 1.44. The van der Waals surface area contributed by atoms with Gasteiger partial charge in [0.15, 0.2) is 11.2 Å². The van der Waals surface area contributed by atoms with Crippen LogP contribution in [0.15, 0.2) is 15.9 Å². The highest BCUT2D eigenvalue weighted by molar-refractivity contribution is 5.69. The second kappa shape index (κ2) is 6.70. The molecular weight excluding hydrogens is 296 g/mol. The van der Waals surface area contributed by atoms with Crippen molar-refractivity contribution in [2.45, 2.75) is 65.0 Å². The summed E-state index contributed by atoms with van der Waals surface area (Å²) in [4.78, 5) is 29.6. The van der Waals surface area contributed by atoms with Gasteiger partial charge in [0.25, 0.3) is 5.56 Å². The van der Waals surface area contributed by atoms with E-state index in [1.807, 2.05) is 6.92 Å². The van der Waals surface area contributed by atoms with E-state index in [2.05, 4.69) is 4.98 Å². The third-order valence-electron chi connectivity index (χ3n) is 3.51. The molecule has 23 heavy (non-hydrogen) atoms. The molecule has 0 radical (unpaired) electrons. The molecule has 128 valence electrons. The van der Waals surface area contributed by atoms with Crippen molar-refractivity contribution in [3.63, 3.8) is 0 Å². The molecular formula is C16H26N4O3. The van der Waals surface area contributed by atoms with Crippen LogP contribution in [0.2, 0.25) is 0 Å². The van der Waals surface area contributed by atoms with Gasteiger partial charge in [-0.15, -0.1) is 0 Å². The van der Waals surface area contributed by atoms with Crippen LogP contribution in [0.5, 0.6) is 0 Å². The van der Waals surface area contributed by atoms with Gasteiger partial charge in [-0.25, -0.2) is 9.78 Å². The fourth-order valence-electron chi connectivity index (χ4n) is 2.44. The Bertz CT molecular complexity index is 1050. The molecule has 7 nitrogen and oxygen atoms in total. The molecule has 1 N–H and O–H groups in total. The van der Waals surface area contributed by atoms with Crippen molar-refractivity contribution in [1.29, 1.82) is 0 Å². The lowest BCUT2D eigenvalue weighted by atomic mass is 10.0. The molecule has 2 aromatic rings. The molecule has 0 aromatic carbocycles. The minimum Gasteiger partial charge on any atom is -0.390 e. The Morgan fingerprint density at radius 2 is 2.26 bits per heavy atom. The van der Waals surface area contributed by atoms with E-state index in [0.717, 1.165) is 11.0 Å². The molecule has 0 saturated heterocycles. The lowest BCUT2D eigenvalue weighted by Gasteiger charge is -2.16. The highest BCUT2D eigenvalue weighted by Gasteiger charge is 2.16. The molecule has 0 aliphatic carbocycles. The lowest BCUT2D eigenvalue weighted by Crippen LogP contribution is -2.39. The van der Waals surface area contributed by atoms with Crippen LogP contribution in [0.1, 0.15) is 57.2 Å². The zero-order valence-electron chi connectivity index (χ0n) is 21.2. The average molecular weight is 333 g/mol. The molecule has 2 rings (SSSR count). The van der Waals surface area contributed by atoms with Crippen LogP contribution in [0.4, 0.5) is 0 Å². The van der Waals surface area contributed by atoms with Crippen LogP contribution < -0.4 is 11.2 Å². The number of hydrogen-bond donors (Lipinski definition) is 1. The Labute approximate surface area is 146 Å². The first-order valence-corrected chi connectivity index (χ1v) is 7.38. The van der Waals surface area contributed by atoms with Crippen LogP contribution in [0, 0.1) is 0 Å². The van der Waals surface area contributed by atoms with Crippen LogP contribution in [0.25, 0.3) is 11.2 Å². The van der Waals surface area contributed by atoms with Crippen LogP contribution >= 0.6 is 0 Å². The van der Waals surface area contributed by atoms with Gasteiger partial charge in [-0.05, 0) is 39.3 Å². The second-order valence-corrected chi connectivity index (χ2v) is 5.40. The third kappa shape index (κ3) is 3.72. The number of hydrogen-bond acceptors (Lipinski definition) is 4. The zero-order valence-corrected chi connectivity index (χ0v) is 13.2. The SMILES string of the molecule is [2H]C([2H])([2H])C(O)(C([3H])([3H])[3H])C([2H])([2H])CCCn1c(=O)c2c(ncn2CCC)n(C)c1=O. The maximum atomic E-state index is 12.9. The first-order chi connectivity index (χ1) is 14.0. The predicted octanol–water partition coefficient (Wildman–Crippen LogP) is 1.25. The number of aliphatic hydroxyl groups is 1. The molecule has 0 bridgehead atoms. The van der Waals surface area contributed by atoms with Gasteiger partial charge in [0, 0.05) is 31.1 Å². The lowest BCUT2D eigenvalue weighted by molar-refractivity contribution is 0.0678. The number of aromatic nitrogens is 4. The van der Waals surface area contributed by atoms with E-state index in [0.29, 0.717) is 6.54 Å². The molecule has 0 saturated carbocycles. The molecule has 0 spiro atoms. The summed E-state index contributed by atoms with van der Waals surface area (Å²) in [6.45, 7) is -4.95. The molecule has 0 amide bonds. The summed E-state index contributed by atoms with van der Waals surface area (Å²) in [5, 5.41) is 10.4. The quantitative estimate of drug-likeness (QED) is 0.827. The van der Waals surface area contributed by atoms with Crippen LogP contribution in [0.3, 0.4) is 0 Å². The zero-order chi connectivity index (χ0) is 24.0. The molecule has 0 aliphatic rings. The Morgan fingerprint density at radius 1 is 1.48 bits per heavy atom. The summed E-state index contributed by atoms with van der Waals surface area (Å²) in [6, 6.07) is 0. The van der Waals surface area contributed by atoms with Gasteiger partial charge in [-0.1, -0.05) is 6.92 Å². The normalized spacial score (nSPS) is 21.2. The smallest absolute Gasteiger partial charge is 0.332 e. The Balaban J connectivity index is 2.40. The average Bonchev–Trinajstić information content (AvgIpc) is 3.04. The standard InChI is InChI=1S/C16H26N4O3/c1-5-9-19-11-17-13-12(19)14(21)20(15(22)18(13)4)10-7-6-8-16(2,3)23/h11,23H,5-10H2,1-4H3/i2D3,3T3,8D2. The molecule has 2 heterocycles. The van der Waals surface area contributed by atoms with E-state index in [1.165, 1.54) is 17.9 Å². The van der Waals surface area contributed by atoms with Crippen molar-refractivity contribution in [1.82, 2.24) is 18.7 Å². The second-order valence-electron chi connectivity index (χ2n) is 5.40. The van der Waals surface area contributed by atoms with Gasteiger partial charge in [-0.3, -0.25) is 13.9 Å². The molecule has 2 aromatic heterocycles. The maximum Gasteiger partial charge on any atom is 0.332 e. The third-order valence-corrected chi connectivity index (χ3v) is 3.51. The minimum atomic E-state index is -3.62. The van der Waals surface area contributed by atoms with Crippen molar-refractivity contribution >= 4 is 11.2 Å². The summed E-state index contributed by atoms with van der Waals surface area (Å²) >= 11 is 0. The van der Waals surface area contributed by atoms with Crippen molar-refractivity contribution in [2.24, 2.45) is 7.05 Å². The number of fused-ring (bicyclic) bond motifs is 1. The van der Waals surface area contributed by atoms with Crippen molar-refractivity contribution < 1.29 is 16.1 Å². The van der Waals surface area contributed by atoms with Gasteiger partial charge in [0.05, 0.1) is 11.9 Å². The minimum absolute atomic E-state index is 0.202. The number of imidazole rings is 1. The van der Waals surface area contributed by atoms with Crippen molar-refractivity contribution in [3.05, 3.63) is 27.2 Å². The summed E-state index contributed by atoms with van der Waals surface area (Å²) in [5.74, 6) is 0. The largest absolute Gasteiger partial charge is 0.390 e. The van der Waals surface area contributed by atoms with Gasteiger partial charge in [-0.2, -0.15) is 0 Å². The fraction of sp³-hybridized carbons (Fsp3) is 0.688. The Hall–Kier alpha value is -1.89. The first kappa shape index (κ1) is 9.42. The van der Waals surface area contributed by atoms with Crippen LogP contribution in [-0.2, 0) is 20.1 Å².